The number of aromatic nitrogens is 2. The van der Waals surface area contributed by atoms with E-state index in [4.69, 9.17) is 0 Å². The molecule has 16 heavy (non-hydrogen) atoms. The van der Waals surface area contributed by atoms with Crippen molar-refractivity contribution in [2.45, 2.75) is 6.04 Å². The average Bonchev–Trinajstić information content (AvgIpc) is 2.31. The molecule has 82 valence electrons. The molecule has 0 bridgehead atoms. The molecule has 0 spiro atoms. The van der Waals surface area contributed by atoms with E-state index in [1.165, 1.54) is 12.3 Å². The van der Waals surface area contributed by atoms with Crippen molar-refractivity contribution >= 4 is 0 Å². The Morgan fingerprint density at radius 3 is 2.50 bits per heavy atom. The summed E-state index contributed by atoms with van der Waals surface area (Å²) in [5.41, 5.74) is 1.83. The summed E-state index contributed by atoms with van der Waals surface area (Å²) in [5.74, 6) is -0.327. The summed E-state index contributed by atoms with van der Waals surface area (Å²) >= 11 is 0. The van der Waals surface area contributed by atoms with Crippen molar-refractivity contribution in [2.75, 3.05) is 7.05 Å². The van der Waals surface area contributed by atoms with E-state index >= 15 is 0 Å². The van der Waals surface area contributed by atoms with Crippen molar-refractivity contribution in [3.63, 3.8) is 0 Å². The van der Waals surface area contributed by atoms with Gasteiger partial charge in [-0.1, -0.05) is 0 Å². The van der Waals surface area contributed by atoms with Crippen LogP contribution < -0.4 is 5.32 Å². The predicted octanol–water partition coefficient (Wildman–Crippen LogP) is 1.92. The van der Waals surface area contributed by atoms with Gasteiger partial charge in [0.2, 0.25) is 0 Å². The first-order chi connectivity index (χ1) is 7.81. The second kappa shape index (κ2) is 4.81. The number of hydrogen-bond donors (Lipinski definition) is 1. The van der Waals surface area contributed by atoms with Crippen molar-refractivity contribution in [1.29, 1.82) is 0 Å². The molecule has 0 fully saturated rings. The van der Waals surface area contributed by atoms with Gasteiger partial charge in [0.1, 0.15) is 5.82 Å². The number of nitrogens with one attached hydrogen (secondary N) is 1. The summed E-state index contributed by atoms with van der Waals surface area (Å²) in [6, 6.07) is 5.21. The first-order valence-corrected chi connectivity index (χ1v) is 4.99. The van der Waals surface area contributed by atoms with Gasteiger partial charge in [-0.3, -0.25) is 9.97 Å². The van der Waals surface area contributed by atoms with E-state index in [0.717, 1.165) is 11.1 Å². The summed E-state index contributed by atoms with van der Waals surface area (Å²) in [4.78, 5) is 7.80. The van der Waals surface area contributed by atoms with Crippen LogP contribution in [0.2, 0.25) is 0 Å². The van der Waals surface area contributed by atoms with Crippen molar-refractivity contribution in [2.24, 2.45) is 0 Å². The van der Waals surface area contributed by atoms with Gasteiger partial charge >= 0.3 is 0 Å². The quantitative estimate of drug-likeness (QED) is 0.853. The fourth-order valence-corrected chi connectivity index (χ4v) is 1.67. The van der Waals surface area contributed by atoms with Crippen LogP contribution >= 0.6 is 0 Å². The van der Waals surface area contributed by atoms with Crippen molar-refractivity contribution in [3.8, 4) is 0 Å². The Bertz CT molecular complexity index is 459. The van der Waals surface area contributed by atoms with E-state index in [2.05, 4.69) is 15.3 Å². The lowest BCUT2D eigenvalue weighted by Gasteiger charge is -2.16. The largest absolute Gasteiger partial charge is 0.309 e. The highest BCUT2D eigenvalue weighted by atomic mass is 19.1. The zero-order chi connectivity index (χ0) is 11.4. The minimum absolute atomic E-state index is 0.0637. The Labute approximate surface area is 93.4 Å². The second-order valence-corrected chi connectivity index (χ2v) is 3.44. The van der Waals surface area contributed by atoms with Crippen LogP contribution in [0, 0.1) is 5.82 Å². The van der Waals surface area contributed by atoms with E-state index in [0.29, 0.717) is 0 Å². The van der Waals surface area contributed by atoms with Crippen LogP contribution in [-0.2, 0) is 0 Å². The Morgan fingerprint density at radius 2 is 1.88 bits per heavy atom. The maximum Gasteiger partial charge on any atom is 0.141 e. The van der Waals surface area contributed by atoms with E-state index < -0.39 is 0 Å². The van der Waals surface area contributed by atoms with Crippen LogP contribution in [0.15, 0.2) is 43.0 Å². The molecular formula is C12H12FN3. The monoisotopic (exact) mass is 217 g/mol. The van der Waals surface area contributed by atoms with Crippen LogP contribution in [0.1, 0.15) is 17.2 Å². The Hall–Kier alpha value is -1.81. The van der Waals surface area contributed by atoms with E-state index in [1.54, 1.807) is 18.6 Å². The molecule has 0 aromatic carbocycles. The third-order valence-electron chi connectivity index (χ3n) is 2.39. The van der Waals surface area contributed by atoms with E-state index in [-0.39, 0.29) is 11.9 Å². The molecule has 2 rings (SSSR count). The van der Waals surface area contributed by atoms with Crippen LogP contribution in [0.5, 0.6) is 0 Å². The highest BCUT2D eigenvalue weighted by molar-refractivity contribution is 5.28. The number of halogens is 1. The Morgan fingerprint density at radius 1 is 1.12 bits per heavy atom. The Balaban J connectivity index is 2.37. The zero-order valence-electron chi connectivity index (χ0n) is 8.89. The average molecular weight is 217 g/mol. The number of hydrogen-bond acceptors (Lipinski definition) is 3. The molecule has 1 unspecified atom stereocenters. The second-order valence-electron chi connectivity index (χ2n) is 3.44. The van der Waals surface area contributed by atoms with E-state index in [1.807, 2.05) is 19.2 Å². The van der Waals surface area contributed by atoms with Crippen LogP contribution in [0.3, 0.4) is 0 Å². The number of nitrogens with zero attached hydrogens (tertiary/aromatic N) is 2. The first kappa shape index (κ1) is 10.7. The van der Waals surface area contributed by atoms with Gasteiger partial charge in [-0.15, -0.1) is 0 Å². The highest BCUT2D eigenvalue weighted by Crippen LogP contribution is 2.20. The number of pyridine rings is 2. The maximum atomic E-state index is 13.1. The van der Waals surface area contributed by atoms with Gasteiger partial charge in [0.05, 0.1) is 12.2 Å². The molecule has 0 aliphatic carbocycles. The van der Waals surface area contributed by atoms with Gasteiger partial charge in [-0.2, -0.15) is 0 Å². The molecular weight excluding hydrogens is 205 g/mol. The predicted molar refractivity (Wildman–Crippen MR) is 59.3 cm³/mol. The Kier molecular flexibility index (Phi) is 3.22. The van der Waals surface area contributed by atoms with Gasteiger partial charge in [-0.05, 0) is 36.4 Å². The van der Waals surface area contributed by atoms with Crippen molar-refractivity contribution < 1.29 is 4.39 Å². The standard InChI is InChI=1S/C12H12FN3/c1-14-12(9-2-4-15-5-3-9)10-6-11(13)8-16-7-10/h2-8,12,14H,1H3. The molecule has 4 heteroatoms. The van der Waals surface area contributed by atoms with Gasteiger partial charge in [0, 0.05) is 18.6 Å². The minimum Gasteiger partial charge on any atom is -0.309 e. The molecule has 0 radical (unpaired) electrons. The molecule has 2 heterocycles. The molecule has 1 N–H and O–H groups in total. The molecule has 2 aromatic heterocycles. The molecule has 0 saturated carbocycles. The van der Waals surface area contributed by atoms with Gasteiger partial charge < -0.3 is 5.32 Å². The molecule has 0 aliphatic heterocycles. The topological polar surface area (TPSA) is 37.8 Å². The van der Waals surface area contributed by atoms with Crippen LogP contribution in [-0.4, -0.2) is 17.0 Å². The fourth-order valence-electron chi connectivity index (χ4n) is 1.67. The summed E-state index contributed by atoms with van der Waals surface area (Å²) in [6.07, 6.45) is 6.28. The van der Waals surface area contributed by atoms with Gasteiger partial charge in [0.15, 0.2) is 0 Å². The van der Waals surface area contributed by atoms with Crippen molar-refractivity contribution in [1.82, 2.24) is 15.3 Å². The lowest BCUT2D eigenvalue weighted by Crippen LogP contribution is -2.18. The minimum atomic E-state index is -0.327. The molecule has 1 atom stereocenters. The highest BCUT2D eigenvalue weighted by Gasteiger charge is 2.12. The molecule has 0 amide bonds. The van der Waals surface area contributed by atoms with Gasteiger partial charge in [0.25, 0.3) is 0 Å². The summed E-state index contributed by atoms with van der Waals surface area (Å²) in [6.45, 7) is 0. The third kappa shape index (κ3) is 2.23. The molecule has 0 saturated heterocycles. The lowest BCUT2D eigenvalue weighted by atomic mass is 10.0. The number of rotatable bonds is 3. The summed E-state index contributed by atoms with van der Waals surface area (Å²) < 4.78 is 13.1. The van der Waals surface area contributed by atoms with E-state index in [9.17, 15) is 4.39 Å². The summed E-state index contributed by atoms with van der Waals surface area (Å²) in [5, 5.41) is 3.13. The molecule has 0 aliphatic rings. The molecule has 2 aromatic rings. The smallest absolute Gasteiger partial charge is 0.141 e. The zero-order valence-corrected chi connectivity index (χ0v) is 8.89. The van der Waals surface area contributed by atoms with Gasteiger partial charge in [-0.25, -0.2) is 4.39 Å². The third-order valence-corrected chi connectivity index (χ3v) is 2.39. The SMILES string of the molecule is CNC(c1ccncc1)c1cncc(F)c1. The first-order valence-electron chi connectivity index (χ1n) is 4.99. The normalized spacial score (nSPS) is 12.4. The lowest BCUT2D eigenvalue weighted by molar-refractivity contribution is 0.608. The van der Waals surface area contributed by atoms with Crippen molar-refractivity contribution in [3.05, 3.63) is 59.9 Å². The van der Waals surface area contributed by atoms with Crippen LogP contribution in [0.25, 0.3) is 0 Å². The van der Waals surface area contributed by atoms with Crippen LogP contribution in [0.4, 0.5) is 4.39 Å². The molecule has 3 nitrogen and oxygen atoms in total. The fraction of sp³-hybridized carbons (Fsp3) is 0.167. The maximum absolute atomic E-state index is 13.1. The summed E-state index contributed by atoms with van der Waals surface area (Å²) in [7, 11) is 1.83.